The largest absolute Gasteiger partial charge is 0.508 e. The molecule has 0 aliphatic carbocycles. The molecular weight excluding hydrogens is 274 g/mol. The van der Waals surface area contributed by atoms with Crippen LogP contribution in [0.25, 0.3) is 0 Å². The summed E-state index contributed by atoms with van der Waals surface area (Å²) < 4.78 is 0. The van der Waals surface area contributed by atoms with Crippen LogP contribution >= 0.6 is 11.6 Å². The molecule has 1 unspecified atom stereocenters. The Balaban J connectivity index is 2.28. The zero-order chi connectivity index (χ0) is 14.7. The number of benzene rings is 2. The molecule has 0 aromatic heterocycles. The molecule has 0 heterocycles. The van der Waals surface area contributed by atoms with Crippen LogP contribution in [0, 0.1) is 6.92 Å². The van der Waals surface area contributed by atoms with Gasteiger partial charge < -0.3 is 10.4 Å². The van der Waals surface area contributed by atoms with Crippen molar-refractivity contribution >= 4 is 23.2 Å². The lowest BCUT2D eigenvalue weighted by Crippen LogP contribution is -2.14. The highest BCUT2D eigenvalue weighted by Gasteiger charge is 2.13. The van der Waals surface area contributed by atoms with Gasteiger partial charge in [-0.2, -0.15) is 0 Å². The number of phenolic OH excluding ortho intramolecular Hbond substituents is 1. The standard InChI is InChI=1S/C16H16ClNO2/c1-10-9-12(19)7-8-13(10)16(20)18-15-6-4-3-5-14(15)11(2)17/h3-9,11,19H,1-2H3,(H,18,20). The van der Waals surface area contributed by atoms with E-state index in [1.54, 1.807) is 19.1 Å². The summed E-state index contributed by atoms with van der Waals surface area (Å²) in [5.41, 5.74) is 2.82. The van der Waals surface area contributed by atoms with Crippen molar-refractivity contribution < 1.29 is 9.90 Å². The van der Waals surface area contributed by atoms with Gasteiger partial charge in [-0.1, -0.05) is 18.2 Å². The number of rotatable bonds is 3. The minimum atomic E-state index is -0.215. The van der Waals surface area contributed by atoms with Gasteiger partial charge in [0, 0.05) is 11.3 Å². The first-order chi connectivity index (χ1) is 9.49. The van der Waals surface area contributed by atoms with Crippen molar-refractivity contribution in [2.75, 3.05) is 5.32 Å². The number of nitrogens with one attached hydrogen (secondary N) is 1. The van der Waals surface area contributed by atoms with Gasteiger partial charge in [0.25, 0.3) is 5.91 Å². The number of carbonyl (C=O) groups is 1. The summed E-state index contributed by atoms with van der Waals surface area (Å²) in [4.78, 5) is 12.3. The lowest BCUT2D eigenvalue weighted by atomic mass is 10.1. The summed E-state index contributed by atoms with van der Waals surface area (Å²) >= 11 is 6.11. The average molecular weight is 290 g/mol. The molecule has 2 N–H and O–H groups in total. The molecule has 2 aromatic carbocycles. The first-order valence-electron chi connectivity index (χ1n) is 6.33. The van der Waals surface area contributed by atoms with Gasteiger partial charge in [-0.25, -0.2) is 0 Å². The molecule has 0 bridgehead atoms. The maximum atomic E-state index is 12.3. The van der Waals surface area contributed by atoms with E-state index in [4.69, 9.17) is 11.6 Å². The molecule has 104 valence electrons. The van der Waals surface area contributed by atoms with Crippen LogP contribution in [-0.2, 0) is 0 Å². The van der Waals surface area contributed by atoms with Crippen molar-refractivity contribution in [2.24, 2.45) is 0 Å². The zero-order valence-electron chi connectivity index (χ0n) is 11.4. The fourth-order valence-corrected chi connectivity index (χ4v) is 2.24. The average Bonchev–Trinajstić information content (AvgIpc) is 2.38. The molecule has 2 rings (SSSR count). The Bertz CT molecular complexity index is 638. The van der Waals surface area contributed by atoms with Crippen LogP contribution in [0.3, 0.4) is 0 Å². The van der Waals surface area contributed by atoms with Crippen molar-refractivity contribution in [3.05, 3.63) is 59.2 Å². The quantitative estimate of drug-likeness (QED) is 0.830. The summed E-state index contributed by atoms with van der Waals surface area (Å²) in [6, 6.07) is 12.1. The van der Waals surface area contributed by atoms with Gasteiger partial charge in [0.2, 0.25) is 0 Å². The Hall–Kier alpha value is -2.00. The third-order valence-corrected chi connectivity index (χ3v) is 3.33. The van der Waals surface area contributed by atoms with E-state index < -0.39 is 0 Å². The monoisotopic (exact) mass is 289 g/mol. The highest BCUT2D eigenvalue weighted by atomic mass is 35.5. The van der Waals surface area contributed by atoms with E-state index in [0.717, 1.165) is 11.1 Å². The molecule has 4 heteroatoms. The van der Waals surface area contributed by atoms with Crippen LogP contribution in [0.2, 0.25) is 0 Å². The number of phenols is 1. The number of aryl methyl sites for hydroxylation is 1. The van der Waals surface area contributed by atoms with Gasteiger partial charge in [-0.05, 0) is 49.2 Å². The number of para-hydroxylation sites is 1. The predicted octanol–water partition coefficient (Wildman–Crippen LogP) is 4.25. The van der Waals surface area contributed by atoms with E-state index in [2.05, 4.69) is 5.32 Å². The SMILES string of the molecule is Cc1cc(O)ccc1C(=O)Nc1ccccc1C(C)Cl. The van der Waals surface area contributed by atoms with E-state index in [0.29, 0.717) is 11.3 Å². The van der Waals surface area contributed by atoms with Crippen LogP contribution in [-0.4, -0.2) is 11.0 Å². The minimum Gasteiger partial charge on any atom is -0.508 e. The smallest absolute Gasteiger partial charge is 0.255 e. The number of anilines is 1. The number of hydrogen-bond donors (Lipinski definition) is 2. The molecule has 0 saturated carbocycles. The molecule has 1 atom stereocenters. The van der Waals surface area contributed by atoms with E-state index in [1.165, 1.54) is 6.07 Å². The van der Waals surface area contributed by atoms with Gasteiger partial charge in [0.05, 0.1) is 5.38 Å². The Kier molecular flexibility index (Phi) is 4.30. The number of hydrogen-bond acceptors (Lipinski definition) is 2. The fourth-order valence-electron chi connectivity index (χ4n) is 2.05. The molecule has 0 saturated heterocycles. The van der Waals surface area contributed by atoms with E-state index >= 15 is 0 Å². The Morgan fingerprint density at radius 2 is 1.95 bits per heavy atom. The Labute approximate surface area is 123 Å². The molecule has 0 aliphatic heterocycles. The van der Waals surface area contributed by atoms with Gasteiger partial charge >= 0.3 is 0 Å². The lowest BCUT2D eigenvalue weighted by molar-refractivity contribution is 0.102. The molecule has 0 aliphatic rings. The number of alkyl halides is 1. The van der Waals surface area contributed by atoms with Crippen LogP contribution < -0.4 is 5.32 Å². The van der Waals surface area contributed by atoms with Crippen LogP contribution in [0.5, 0.6) is 5.75 Å². The number of halogens is 1. The normalized spacial score (nSPS) is 11.9. The number of aromatic hydroxyl groups is 1. The summed E-state index contributed by atoms with van der Waals surface area (Å²) in [5, 5.41) is 12.1. The minimum absolute atomic E-state index is 0.147. The lowest BCUT2D eigenvalue weighted by Gasteiger charge is -2.13. The van der Waals surface area contributed by atoms with Crippen LogP contribution in [0.4, 0.5) is 5.69 Å². The van der Waals surface area contributed by atoms with Gasteiger partial charge in [0.15, 0.2) is 0 Å². The molecule has 1 amide bonds. The molecular formula is C16H16ClNO2. The topological polar surface area (TPSA) is 49.3 Å². The second-order valence-electron chi connectivity index (χ2n) is 4.66. The third kappa shape index (κ3) is 3.11. The first kappa shape index (κ1) is 14.4. The summed E-state index contributed by atoms with van der Waals surface area (Å²) in [6.07, 6.45) is 0. The number of carbonyl (C=O) groups excluding carboxylic acids is 1. The highest BCUT2D eigenvalue weighted by Crippen LogP contribution is 2.27. The maximum absolute atomic E-state index is 12.3. The fraction of sp³-hybridized carbons (Fsp3) is 0.188. The van der Waals surface area contributed by atoms with E-state index in [9.17, 15) is 9.90 Å². The van der Waals surface area contributed by atoms with Crippen molar-refractivity contribution in [3.8, 4) is 5.75 Å². The Morgan fingerprint density at radius 1 is 1.25 bits per heavy atom. The molecule has 0 fully saturated rings. The van der Waals surface area contributed by atoms with Crippen LogP contribution in [0.1, 0.15) is 33.8 Å². The van der Waals surface area contributed by atoms with Gasteiger partial charge in [-0.15, -0.1) is 11.6 Å². The van der Waals surface area contributed by atoms with Crippen LogP contribution in [0.15, 0.2) is 42.5 Å². The van der Waals surface area contributed by atoms with E-state index in [-0.39, 0.29) is 17.0 Å². The molecule has 2 aromatic rings. The first-order valence-corrected chi connectivity index (χ1v) is 6.76. The number of amides is 1. The maximum Gasteiger partial charge on any atom is 0.255 e. The molecule has 20 heavy (non-hydrogen) atoms. The van der Waals surface area contributed by atoms with Crippen molar-refractivity contribution in [2.45, 2.75) is 19.2 Å². The second-order valence-corrected chi connectivity index (χ2v) is 5.31. The molecule has 0 radical (unpaired) electrons. The van der Waals surface area contributed by atoms with Crippen molar-refractivity contribution in [1.29, 1.82) is 0 Å². The second kappa shape index (κ2) is 5.97. The zero-order valence-corrected chi connectivity index (χ0v) is 12.1. The van der Waals surface area contributed by atoms with Gasteiger partial charge in [-0.3, -0.25) is 4.79 Å². The third-order valence-electron chi connectivity index (χ3n) is 3.09. The summed E-state index contributed by atoms with van der Waals surface area (Å²) in [6.45, 7) is 3.64. The van der Waals surface area contributed by atoms with Crippen molar-refractivity contribution in [3.63, 3.8) is 0 Å². The molecule has 0 spiro atoms. The van der Waals surface area contributed by atoms with Crippen molar-refractivity contribution in [1.82, 2.24) is 0 Å². The van der Waals surface area contributed by atoms with Gasteiger partial charge in [0.1, 0.15) is 5.75 Å². The predicted molar refractivity (Wildman–Crippen MR) is 81.5 cm³/mol. The molecule has 3 nitrogen and oxygen atoms in total. The summed E-state index contributed by atoms with van der Waals surface area (Å²) in [5.74, 6) is -0.0684. The highest BCUT2D eigenvalue weighted by molar-refractivity contribution is 6.21. The summed E-state index contributed by atoms with van der Waals surface area (Å²) in [7, 11) is 0. The van der Waals surface area contributed by atoms with E-state index in [1.807, 2.05) is 31.2 Å². The Morgan fingerprint density at radius 3 is 2.60 bits per heavy atom.